The number of halogens is 4. The van der Waals surface area contributed by atoms with Gasteiger partial charge >= 0.3 is 0 Å². The van der Waals surface area contributed by atoms with Crippen molar-refractivity contribution in [1.29, 1.82) is 0 Å². The van der Waals surface area contributed by atoms with Gasteiger partial charge in [-0.3, -0.25) is 0 Å². The molecular formula is C21H17BrCl3NO2. The zero-order valence-electron chi connectivity index (χ0n) is 14.9. The van der Waals surface area contributed by atoms with Crippen LogP contribution in [0.1, 0.15) is 11.1 Å². The van der Waals surface area contributed by atoms with E-state index in [-0.39, 0.29) is 0 Å². The van der Waals surface area contributed by atoms with Crippen molar-refractivity contribution in [2.45, 2.75) is 13.2 Å². The fourth-order valence-electron chi connectivity index (χ4n) is 2.66. The van der Waals surface area contributed by atoms with E-state index < -0.39 is 0 Å². The van der Waals surface area contributed by atoms with Crippen LogP contribution in [0, 0.1) is 0 Å². The Kier molecular flexibility index (Phi) is 7.36. The number of methoxy groups -OCH3 is 1. The molecule has 7 heteroatoms. The van der Waals surface area contributed by atoms with Crippen LogP contribution in [0.15, 0.2) is 59.1 Å². The number of benzene rings is 3. The summed E-state index contributed by atoms with van der Waals surface area (Å²) in [6.07, 6.45) is 0. The van der Waals surface area contributed by atoms with E-state index >= 15 is 0 Å². The zero-order chi connectivity index (χ0) is 20.1. The van der Waals surface area contributed by atoms with Gasteiger partial charge in [-0.05, 0) is 69.5 Å². The van der Waals surface area contributed by atoms with E-state index in [1.165, 1.54) is 0 Å². The van der Waals surface area contributed by atoms with E-state index in [4.69, 9.17) is 44.3 Å². The van der Waals surface area contributed by atoms with Crippen LogP contribution in [0.4, 0.5) is 5.69 Å². The average molecular weight is 502 g/mol. The smallest absolute Gasteiger partial charge is 0.175 e. The van der Waals surface area contributed by atoms with E-state index in [9.17, 15) is 0 Å². The number of nitrogens with one attached hydrogen (secondary N) is 1. The van der Waals surface area contributed by atoms with Gasteiger partial charge in [0.05, 0.1) is 11.6 Å². The third-order valence-corrected chi connectivity index (χ3v) is 5.18. The number of hydrogen-bond acceptors (Lipinski definition) is 3. The monoisotopic (exact) mass is 499 g/mol. The van der Waals surface area contributed by atoms with Gasteiger partial charge in [0.2, 0.25) is 0 Å². The first-order valence-corrected chi connectivity index (χ1v) is 10.3. The number of ether oxygens (including phenoxy) is 2. The topological polar surface area (TPSA) is 30.5 Å². The van der Waals surface area contributed by atoms with Crippen molar-refractivity contribution in [2.75, 3.05) is 12.4 Å². The summed E-state index contributed by atoms with van der Waals surface area (Å²) in [4.78, 5) is 0. The van der Waals surface area contributed by atoms with Gasteiger partial charge in [0.1, 0.15) is 6.61 Å². The lowest BCUT2D eigenvalue weighted by atomic mass is 10.2. The molecule has 0 saturated heterocycles. The molecule has 0 radical (unpaired) electrons. The van der Waals surface area contributed by atoms with Crippen LogP contribution in [-0.4, -0.2) is 7.11 Å². The summed E-state index contributed by atoms with van der Waals surface area (Å²) < 4.78 is 12.3. The highest BCUT2D eigenvalue weighted by Gasteiger charge is 2.12. The molecule has 0 spiro atoms. The highest BCUT2D eigenvalue weighted by Crippen LogP contribution is 2.37. The molecule has 0 unspecified atom stereocenters. The predicted octanol–water partition coefficient (Wildman–Crippen LogP) is 7.61. The minimum atomic E-state index is 0.383. The highest BCUT2D eigenvalue weighted by atomic mass is 79.9. The van der Waals surface area contributed by atoms with Gasteiger partial charge in [0.15, 0.2) is 11.5 Å². The second kappa shape index (κ2) is 9.75. The Morgan fingerprint density at radius 1 is 0.893 bits per heavy atom. The van der Waals surface area contributed by atoms with Crippen LogP contribution in [-0.2, 0) is 13.2 Å². The normalized spacial score (nSPS) is 10.6. The molecule has 0 aliphatic rings. The largest absolute Gasteiger partial charge is 0.493 e. The molecule has 0 bridgehead atoms. The van der Waals surface area contributed by atoms with Gasteiger partial charge in [-0.2, -0.15) is 0 Å². The summed E-state index contributed by atoms with van der Waals surface area (Å²) in [5.41, 5.74) is 2.83. The van der Waals surface area contributed by atoms with Crippen molar-refractivity contribution in [1.82, 2.24) is 0 Å². The lowest BCUT2D eigenvalue weighted by Gasteiger charge is -2.15. The van der Waals surface area contributed by atoms with Gasteiger partial charge in [-0.1, -0.05) is 46.9 Å². The van der Waals surface area contributed by atoms with E-state index in [0.717, 1.165) is 21.3 Å². The summed E-state index contributed by atoms with van der Waals surface area (Å²) >= 11 is 21.7. The molecule has 0 aromatic heterocycles. The van der Waals surface area contributed by atoms with E-state index in [1.807, 2.05) is 48.5 Å². The molecule has 3 aromatic carbocycles. The molecule has 0 heterocycles. The quantitative estimate of drug-likeness (QED) is 0.361. The third kappa shape index (κ3) is 5.71. The standard InChI is InChI=1S/C21H17BrCl3NO2/c1-27-20-7-14(11-26-18-9-16(24)8-17(25)10-18)6-19(22)21(20)28-12-13-3-2-4-15(23)5-13/h2-10,26H,11-12H2,1H3. The van der Waals surface area contributed by atoms with Crippen LogP contribution >= 0.6 is 50.7 Å². The maximum absolute atomic E-state index is 6.04. The molecule has 0 aliphatic carbocycles. The van der Waals surface area contributed by atoms with Gasteiger partial charge in [0.25, 0.3) is 0 Å². The molecule has 146 valence electrons. The zero-order valence-corrected chi connectivity index (χ0v) is 18.8. The lowest BCUT2D eigenvalue weighted by Crippen LogP contribution is -2.03. The summed E-state index contributed by atoms with van der Waals surface area (Å²) in [5, 5.41) is 5.14. The molecule has 0 aliphatic heterocycles. The van der Waals surface area contributed by atoms with E-state index in [1.54, 1.807) is 13.2 Å². The summed E-state index contributed by atoms with van der Waals surface area (Å²) in [5.74, 6) is 1.27. The SMILES string of the molecule is COc1cc(CNc2cc(Cl)cc(Cl)c2)cc(Br)c1OCc1cccc(Cl)c1. The Morgan fingerprint density at radius 2 is 1.64 bits per heavy atom. The molecule has 0 fully saturated rings. The van der Waals surface area contributed by atoms with Crippen molar-refractivity contribution in [3.05, 3.63) is 85.3 Å². The fraction of sp³-hybridized carbons (Fsp3) is 0.143. The molecule has 28 heavy (non-hydrogen) atoms. The first-order valence-electron chi connectivity index (χ1n) is 8.38. The number of hydrogen-bond donors (Lipinski definition) is 1. The van der Waals surface area contributed by atoms with E-state index in [0.29, 0.717) is 39.7 Å². The minimum absolute atomic E-state index is 0.383. The minimum Gasteiger partial charge on any atom is -0.493 e. The van der Waals surface area contributed by atoms with Gasteiger partial charge in [-0.25, -0.2) is 0 Å². The van der Waals surface area contributed by atoms with Crippen molar-refractivity contribution >= 4 is 56.4 Å². The van der Waals surface area contributed by atoms with Crippen LogP contribution < -0.4 is 14.8 Å². The van der Waals surface area contributed by atoms with Gasteiger partial charge in [-0.15, -0.1) is 0 Å². The molecule has 3 aromatic rings. The Morgan fingerprint density at radius 3 is 2.32 bits per heavy atom. The molecule has 3 rings (SSSR count). The summed E-state index contributed by atoms with van der Waals surface area (Å²) in [7, 11) is 1.61. The second-order valence-electron chi connectivity index (χ2n) is 6.04. The van der Waals surface area contributed by atoms with Crippen LogP contribution in [0.3, 0.4) is 0 Å². The molecular weight excluding hydrogens is 484 g/mol. The average Bonchev–Trinajstić information content (AvgIpc) is 2.64. The van der Waals surface area contributed by atoms with Gasteiger partial charge in [0, 0.05) is 27.3 Å². The van der Waals surface area contributed by atoms with Crippen molar-refractivity contribution in [3.63, 3.8) is 0 Å². The Balaban J connectivity index is 1.73. The number of anilines is 1. The van der Waals surface area contributed by atoms with Crippen LogP contribution in [0.2, 0.25) is 15.1 Å². The summed E-state index contributed by atoms with van der Waals surface area (Å²) in [6.45, 7) is 0.953. The third-order valence-electron chi connectivity index (χ3n) is 3.92. The fourth-order valence-corrected chi connectivity index (χ4v) is 4.00. The Labute approximate surface area is 187 Å². The molecule has 0 atom stereocenters. The van der Waals surface area contributed by atoms with E-state index in [2.05, 4.69) is 21.2 Å². The molecule has 1 N–H and O–H groups in total. The highest BCUT2D eigenvalue weighted by molar-refractivity contribution is 9.10. The first kappa shape index (κ1) is 21.1. The Bertz CT molecular complexity index is 962. The van der Waals surface area contributed by atoms with Crippen molar-refractivity contribution in [3.8, 4) is 11.5 Å². The molecule has 0 amide bonds. The number of rotatable bonds is 7. The van der Waals surface area contributed by atoms with Crippen molar-refractivity contribution < 1.29 is 9.47 Å². The predicted molar refractivity (Wildman–Crippen MR) is 120 cm³/mol. The van der Waals surface area contributed by atoms with Gasteiger partial charge < -0.3 is 14.8 Å². The molecule has 0 saturated carbocycles. The lowest BCUT2D eigenvalue weighted by molar-refractivity contribution is 0.282. The maximum Gasteiger partial charge on any atom is 0.175 e. The van der Waals surface area contributed by atoms with Crippen LogP contribution in [0.5, 0.6) is 11.5 Å². The second-order valence-corrected chi connectivity index (χ2v) is 8.20. The summed E-state index contributed by atoms with van der Waals surface area (Å²) in [6, 6.07) is 16.8. The Hall–Kier alpha value is -1.59. The van der Waals surface area contributed by atoms with Crippen molar-refractivity contribution in [2.24, 2.45) is 0 Å². The van der Waals surface area contributed by atoms with Crippen LogP contribution in [0.25, 0.3) is 0 Å². The molecule has 3 nitrogen and oxygen atoms in total. The maximum atomic E-state index is 6.04. The first-order chi connectivity index (χ1) is 13.4.